The van der Waals surface area contributed by atoms with Crippen molar-refractivity contribution >= 4 is 35.8 Å². The third kappa shape index (κ3) is 5.35. The molecule has 1 unspecified atom stereocenters. The van der Waals surface area contributed by atoms with E-state index in [0.29, 0.717) is 16.9 Å². The summed E-state index contributed by atoms with van der Waals surface area (Å²) >= 11 is 5.95. The number of hydrogen-bond acceptors (Lipinski definition) is 3. The van der Waals surface area contributed by atoms with E-state index >= 15 is 0 Å². The van der Waals surface area contributed by atoms with Gasteiger partial charge in [0.05, 0.1) is 12.5 Å². The molecule has 0 saturated carbocycles. The molecule has 3 atom stereocenters. The van der Waals surface area contributed by atoms with E-state index in [0.717, 1.165) is 44.6 Å². The number of carbonyl (C=O) groups is 2. The maximum atomic E-state index is 12.8. The van der Waals surface area contributed by atoms with Gasteiger partial charge in [0.2, 0.25) is 11.8 Å². The van der Waals surface area contributed by atoms with Crippen molar-refractivity contribution in [3.05, 3.63) is 34.9 Å². The monoisotopic (exact) mass is 399 g/mol. The normalized spacial score (nSPS) is 23.4. The first-order chi connectivity index (χ1) is 12.0. The number of carbonyl (C=O) groups excluding carboxylic acids is 2. The molecular formula is C19H27Cl2N3O2. The largest absolute Gasteiger partial charge is 0.349 e. The fraction of sp³-hybridized carbons (Fsp3) is 0.579. The summed E-state index contributed by atoms with van der Waals surface area (Å²) in [5, 5.41) is 7.00. The summed E-state index contributed by atoms with van der Waals surface area (Å²) in [5.41, 5.74) is 0.906. The average molecular weight is 400 g/mol. The molecule has 2 fully saturated rings. The molecule has 1 aromatic rings. The number of fused-ring (bicyclic) bond motifs is 1. The first kappa shape index (κ1) is 21.0. The summed E-state index contributed by atoms with van der Waals surface area (Å²) in [5.74, 6) is 1.37. The highest BCUT2D eigenvalue weighted by Crippen LogP contribution is 2.28. The molecule has 2 N–H and O–H groups in total. The van der Waals surface area contributed by atoms with Crippen LogP contribution < -0.4 is 10.6 Å². The molecule has 2 aliphatic heterocycles. The van der Waals surface area contributed by atoms with E-state index in [4.69, 9.17) is 11.6 Å². The quantitative estimate of drug-likeness (QED) is 0.817. The van der Waals surface area contributed by atoms with Crippen LogP contribution in [0.25, 0.3) is 0 Å². The van der Waals surface area contributed by atoms with Gasteiger partial charge in [0.25, 0.3) is 0 Å². The zero-order valence-corrected chi connectivity index (χ0v) is 16.6. The number of rotatable bonds is 4. The van der Waals surface area contributed by atoms with E-state index < -0.39 is 0 Å². The van der Waals surface area contributed by atoms with Crippen molar-refractivity contribution < 1.29 is 9.59 Å². The lowest BCUT2D eigenvalue weighted by molar-refractivity contribution is -0.132. The van der Waals surface area contributed by atoms with Gasteiger partial charge in [0.1, 0.15) is 0 Å². The Balaban J connectivity index is 0.00000243. The molecule has 0 radical (unpaired) electrons. The average Bonchev–Trinajstić information content (AvgIpc) is 2.93. The molecule has 0 bridgehead atoms. The Bertz CT molecular complexity index is 610. The van der Waals surface area contributed by atoms with Crippen molar-refractivity contribution in [2.75, 3.05) is 26.2 Å². The van der Waals surface area contributed by atoms with E-state index in [1.165, 1.54) is 6.92 Å². The maximum absolute atomic E-state index is 12.8. The van der Waals surface area contributed by atoms with Crippen LogP contribution in [-0.2, 0) is 9.59 Å². The van der Waals surface area contributed by atoms with Gasteiger partial charge < -0.3 is 15.5 Å². The van der Waals surface area contributed by atoms with Crippen molar-refractivity contribution in [2.45, 2.75) is 32.2 Å². The van der Waals surface area contributed by atoms with Crippen molar-refractivity contribution in [3.63, 3.8) is 0 Å². The molecule has 7 heteroatoms. The first-order valence-electron chi connectivity index (χ1n) is 9.04. The lowest BCUT2D eigenvalue weighted by Crippen LogP contribution is -2.37. The number of amides is 2. The van der Waals surface area contributed by atoms with Gasteiger partial charge in [-0.2, -0.15) is 0 Å². The summed E-state index contributed by atoms with van der Waals surface area (Å²) in [4.78, 5) is 26.4. The fourth-order valence-electron chi connectivity index (χ4n) is 3.96. The molecule has 2 heterocycles. The lowest BCUT2D eigenvalue weighted by atomic mass is 9.92. The molecule has 3 rings (SSSR count). The van der Waals surface area contributed by atoms with Gasteiger partial charge in [0, 0.05) is 25.0 Å². The molecule has 26 heavy (non-hydrogen) atoms. The predicted molar refractivity (Wildman–Crippen MR) is 106 cm³/mol. The molecule has 2 aliphatic rings. The highest BCUT2D eigenvalue weighted by Gasteiger charge is 2.32. The number of hydrogen-bond donors (Lipinski definition) is 2. The molecule has 2 saturated heterocycles. The van der Waals surface area contributed by atoms with Crippen LogP contribution in [0.3, 0.4) is 0 Å². The molecular weight excluding hydrogens is 373 g/mol. The second-order valence-electron chi connectivity index (χ2n) is 7.15. The van der Waals surface area contributed by atoms with Crippen LogP contribution in [-0.4, -0.2) is 42.9 Å². The number of nitrogens with zero attached hydrogens (tertiary/aromatic N) is 1. The zero-order valence-electron chi connectivity index (χ0n) is 15.0. The van der Waals surface area contributed by atoms with Crippen LogP contribution in [0, 0.1) is 11.8 Å². The van der Waals surface area contributed by atoms with Gasteiger partial charge in [-0.15, -0.1) is 12.4 Å². The Morgan fingerprint density at radius 3 is 2.31 bits per heavy atom. The molecule has 0 aliphatic carbocycles. The smallest absolute Gasteiger partial charge is 0.224 e. The molecule has 1 aromatic carbocycles. The van der Waals surface area contributed by atoms with Gasteiger partial charge >= 0.3 is 0 Å². The van der Waals surface area contributed by atoms with Crippen LogP contribution in [0.5, 0.6) is 0 Å². The van der Waals surface area contributed by atoms with Gasteiger partial charge in [-0.1, -0.05) is 23.7 Å². The minimum Gasteiger partial charge on any atom is -0.349 e. The van der Waals surface area contributed by atoms with Crippen molar-refractivity contribution in [3.8, 4) is 0 Å². The number of likely N-dealkylation sites (tertiary alicyclic amines) is 1. The number of benzene rings is 1. The summed E-state index contributed by atoms with van der Waals surface area (Å²) < 4.78 is 0. The van der Waals surface area contributed by atoms with Crippen LogP contribution in [0.15, 0.2) is 24.3 Å². The molecule has 2 amide bonds. The topological polar surface area (TPSA) is 61.4 Å². The first-order valence-corrected chi connectivity index (χ1v) is 9.42. The zero-order chi connectivity index (χ0) is 17.8. The summed E-state index contributed by atoms with van der Waals surface area (Å²) in [7, 11) is 0. The SMILES string of the molecule is CC(=O)NC(CC(=O)N1CC[C@@H]2CNC[C@@H]2CC1)c1ccc(Cl)cc1.Cl. The van der Waals surface area contributed by atoms with Gasteiger partial charge in [-0.05, 0) is 55.5 Å². The van der Waals surface area contributed by atoms with E-state index in [9.17, 15) is 9.59 Å². The van der Waals surface area contributed by atoms with E-state index in [1.807, 2.05) is 17.0 Å². The highest BCUT2D eigenvalue weighted by molar-refractivity contribution is 6.30. The summed E-state index contributed by atoms with van der Waals surface area (Å²) in [6, 6.07) is 7.00. The standard InChI is InChI=1S/C19H26ClN3O2.ClH/c1-13(24)22-18(14-2-4-17(20)5-3-14)10-19(25)23-8-6-15-11-21-12-16(15)7-9-23;/h2-5,15-16,18,21H,6-12H2,1H3,(H,22,24);1H/t15-,16+,18?;. The predicted octanol–water partition coefficient (Wildman–Crippen LogP) is 2.79. The Labute approximate surface area is 166 Å². The summed E-state index contributed by atoms with van der Waals surface area (Å²) in [6.07, 6.45) is 2.42. The van der Waals surface area contributed by atoms with Crippen LogP contribution >= 0.6 is 24.0 Å². The molecule has 5 nitrogen and oxygen atoms in total. The Hall–Kier alpha value is -1.30. The second-order valence-corrected chi connectivity index (χ2v) is 7.58. The van der Waals surface area contributed by atoms with Crippen molar-refractivity contribution in [2.24, 2.45) is 11.8 Å². The Kier molecular flexibility index (Phi) is 7.74. The fourth-order valence-corrected chi connectivity index (χ4v) is 4.09. The van der Waals surface area contributed by atoms with Crippen LogP contribution in [0.1, 0.15) is 37.8 Å². The third-order valence-electron chi connectivity index (χ3n) is 5.40. The molecule has 0 spiro atoms. The third-order valence-corrected chi connectivity index (χ3v) is 5.65. The van der Waals surface area contributed by atoms with Gasteiger partial charge in [0.15, 0.2) is 0 Å². The Morgan fingerprint density at radius 2 is 1.77 bits per heavy atom. The van der Waals surface area contributed by atoms with E-state index in [-0.39, 0.29) is 36.7 Å². The molecule has 144 valence electrons. The van der Waals surface area contributed by atoms with Gasteiger partial charge in [-0.25, -0.2) is 0 Å². The van der Waals surface area contributed by atoms with Gasteiger partial charge in [-0.3, -0.25) is 9.59 Å². The van der Waals surface area contributed by atoms with Crippen LogP contribution in [0.4, 0.5) is 0 Å². The molecule has 0 aromatic heterocycles. The van der Waals surface area contributed by atoms with Crippen molar-refractivity contribution in [1.82, 2.24) is 15.5 Å². The van der Waals surface area contributed by atoms with E-state index in [2.05, 4.69) is 10.6 Å². The second kappa shape index (κ2) is 9.58. The van der Waals surface area contributed by atoms with Crippen LogP contribution in [0.2, 0.25) is 5.02 Å². The number of halogens is 2. The lowest BCUT2D eigenvalue weighted by Gasteiger charge is -2.25. The maximum Gasteiger partial charge on any atom is 0.224 e. The van der Waals surface area contributed by atoms with E-state index in [1.54, 1.807) is 12.1 Å². The Morgan fingerprint density at radius 1 is 1.19 bits per heavy atom. The number of nitrogens with one attached hydrogen (secondary N) is 2. The highest BCUT2D eigenvalue weighted by atomic mass is 35.5. The summed E-state index contributed by atoms with van der Waals surface area (Å²) in [6.45, 7) is 5.26. The van der Waals surface area contributed by atoms with Crippen molar-refractivity contribution in [1.29, 1.82) is 0 Å². The minimum absolute atomic E-state index is 0. The minimum atomic E-state index is -0.313.